The highest BCUT2D eigenvalue weighted by Gasteiger charge is 2.31. The number of nitrogens with zero attached hydrogens (tertiary/aromatic N) is 1. The molecule has 10 nitrogen and oxygen atoms in total. The van der Waals surface area contributed by atoms with Crippen molar-refractivity contribution in [3.05, 3.63) is 53.9 Å². The van der Waals surface area contributed by atoms with Gasteiger partial charge in [-0.1, -0.05) is 30.3 Å². The van der Waals surface area contributed by atoms with Crippen LogP contribution in [0.25, 0.3) is 0 Å². The zero-order chi connectivity index (χ0) is 25.3. The number of ether oxygens (including phenoxy) is 4. The number of benzene rings is 1. The molecule has 2 N–H and O–H groups in total. The standard InChI is InChI=1S/C24H30N2O8/c1-14(26-22(28)20-21(34-16(3)27)19(31-4)11-12-25-20)23(29)33-15(2)18(24(30)32-5)13-17-9-7-6-8-10-17/h6-12,14-15,18,24,30H,13H2,1-5H3,(H,26,28)/t14-,15-,18-,24?/m0/s1. The Morgan fingerprint density at radius 2 is 1.76 bits per heavy atom. The summed E-state index contributed by atoms with van der Waals surface area (Å²) in [5.74, 6) is -2.71. The van der Waals surface area contributed by atoms with Crippen molar-refractivity contribution in [3.8, 4) is 11.5 Å². The van der Waals surface area contributed by atoms with Gasteiger partial charge in [-0.15, -0.1) is 0 Å². The van der Waals surface area contributed by atoms with Crippen molar-refractivity contribution in [2.45, 2.75) is 45.6 Å². The number of amides is 1. The van der Waals surface area contributed by atoms with Crippen LogP contribution in [0.5, 0.6) is 11.5 Å². The number of rotatable bonds is 11. The van der Waals surface area contributed by atoms with Crippen LogP contribution in [0, 0.1) is 5.92 Å². The second-order valence-corrected chi connectivity index (χ2v) is 7.60. The molecule has 0 saturated carbocycles. The van der Waals surface area contributed by atoms with Gasteiger partial charge in [0.15, 0.2) is 17.7 Å². The molecule has 0 aliphatic rings. The van der Waals surface area contributed by atoms with E-state index in [4.69, 9.17) is 18.9 Å². The molecular weight excluding hydrogens is 444 g/mol. The normalized spacial score (nSPS) is 14.3. The minimum absolute atomic E-state index is 0.136. The summed E-state index contributed by atoms with van der Waals surface area (Å²) in [6.45, 7) is 4.26. The molecule has 2 rings (SSSR count). The molecule has 1 heterocycles. The average molecular weight is 475 g/mol. The quantitative estimate of drug-likeness (QED) is 0.370. The van der Waals surface area contributed by atoms with Crippen molar-refractivity contribution < 1.29 is 38.4 Å². The van der Waals surface area contributed by atoms with Gasteiger partial charge in [-0.3, -0.25) is 9.59 Å². The van der Waals surface area contributed by atoms with Crippen LogP contribution in [0.15, 0.2) is 42.6 Å². The van der Waals surface area contributed by atoms with Gasteiger partial charge in [-0.05, 0) is 25.8 Å². The van der Waals surface area contributed by atoms with Crippen molar-refractivity contribution in [2.75, 3.05) is 14.2 Å². The monoisotopic (exact) mass is 474 g/mol. The van der Waals surface area contributed by atoms with Gasteiger partial charge in [0.1, 0.15) is 12.1 Å². The summed E-state index contributed by atoms with van der Waals surface area (Å²) in [6.07, 6.45) is -0.176. The Morgan fingerprint density at radius 3 is 2.35 bits per heavy atom. The lowest BCUT2D eigenvalue weighted by Gasteiger charge is -2.28. The largest absolute Gasteiger partial charge is 0.493 e. The van der Waals surface area contributed by atoms with E-state index in [1.165, 1.54) is 40.3 Å². The van der Waals surface area contributed by atoms with E-state index in [1.807, 2.05) is 30.3 Å². The van der Waals surface area contributed by atoms with E-state index in [1.54, 1.807) is 6.92 Å². The minimum atomic E-state index is -1.17. The van der Waals surface area contributed by atoms with Gasteiger partial charge in [0, 0.05) is 26.3 Å². The Labute approximate surface area is 198 Å². The summed E-state index contributed by atoms with van der Waals surface area (Å²) in [7, 11) is 2.72. The lowest BCUT2D eigenvalue weighted by Crippen LogP contribution is -2.43. The molecule has 34 heavy (non-hydrogen) atoms. The van der Waals surface area contributed by atoms with E-state index in [0.717, 1.165) is 5.56 Å². The van der Waals surface area contributed by atoms with Crippen molar-refractivity contribution in [2.24, 2.45) is 5.92 Å². The predicted molar refractivity (Wildman–Crippen MR) is 121 cm³/mol. The van der Waals surface area contributed by atoms with Crippen LogP contribution in [0.1, 0.15) is 36.8 Å². The van der Waals surface area contributed by atoms with Crippen LogP contribution in [0.4, 0.5) is 0 Å². The average Bonchev–Trinajstić information content (AvgIpc) is 2.82. The van der Waals surface area contributed by atoms with Crippen molar-refractivity contribution in [1.29, 1.82) is 0 Å². The number of carbonyl (C=O) groups is 3. The third kappa shape index (κ3) is 7.26. The molecule has 1 amide bonds. The van der Waals surface area contributed by atoms with Crippen LogP contribution in [0.3, 0.4) is 0 Å². The molecule has 2 aromatic rings. The fraction of sp³-hybridized carbons (Fsp3) is 0.417. The SMILES string of the molecule is COc1ccnc(C(=O)N[C@@H](C)C(=O)O[C@@H](C)[C@H](Cc2ccccc2)C(O)OC)c1OC(C)=O. The Kier molecular flexibility index (Phi) is 9.96. The minimum Gasteiger partial charge on any atom is -0.493 e. The number of nitrogens with one attached hydrogen (secondary N) is 1. The molecule has 0 aliphatic carbocycles. The number of methoxy groups -OCH3 is 2. The lowest BCUT2D eigenvalue weighted by molar-refractivity contribution is -0.169. The van der Waals surface area contributed by atoms with Gasteiger partial charge in [-0.25, -0.2) is 9.78 Å². The highest BCUT2D eigenvalue weighted by atomic mass is 16.6. The molecule has 4 atom stereocenters. The first-order valence-electron chi connectivity index (χ1n) is 10.6. The van der Waals surface area contributed by atoms with E-state index < -0.39 is 42.2 Å². The van der Waals surface area contributed by atoms with Gasteiger partial charge in [0.25, 0.3) is 5.91 Å². The van der Waals surface area contributed by atoms with Gasteiger partial charge in [-0.2, -0.15) is 0 Å². The summed E-state index contributed by atoms with van der Waals surface area (Å²) >= 11 is 0. The Hall–Kier alpha value is -3.50. The maximum Gasteiger partial charge on any atom is 0.328 e. The summed E-state index contributed by atoms with van der Waals surface area (Å²) in [5, 5.41) is 12.8. The fourth-order valence-electron chi connectivity index (χ4n) is 3.25. The van der Waals surface area contributed by atoms with Gasteiger partial charge in [0.2, 0.25) is 5.75 Å². The lowest BCUT2D eigenvalue weighted by atomic mass is 9.94. The molecule has 1 aromatic heterocycles. The first kappa shape index (κ1) is 26.7. The number of pyridine rings is 1. The van der Waals surface area contributed by atoms with Crippen LogP contribution in [0.2, 0.25) is 0 Å². The Balaban J connectivity index is 2.10. The third-order valence-corrected chi connectivity index (χ3v) is 5.08. The molecule has 184 valence electrons. The number of aliphatic hydroxyl groups is 1. The zero-order valence-corrected chi connectivity index (χ0v) is 19.8. The van der Waals surface area contributed by atoms with E-state index in [-0.39, 0.29) is 17.2 Å². The van der Waals surface area contributed by atoms with E-state index in [2.05, 4.69) is 10.3 Å². The van der Waals surface area contributed by atoms with Crippen LogP contribution >= 0.6 is 0 Å². The number of aliphatic hydroxyl groups excluding tert-OH is 1. The number of aromatic nitrogens is 1. The highest BCUT2D eigenvalue weighted by Crippen LogP contribution is 2.29. The Morgan fingerprint density at radius 1 is 1.09 bits per heavy atom. The summed E-state index contributed by atoms with van der Waals surface area (Å²) in [5.41, 5.74) is 0.717. The molecule has 1 unspecified atom stereocenters. The van der Waals surface area contributed by atoms with E-state index in [9.17, 15) is 19.5 Å². The van der Waals surface area contributed by atoms with E-state index >= 15 is 0 Å². The molecule has 1 aromatic carbocycles. The molecule has 0 spiro atoms. The Bertz CT molecular complexity index is 982. The highest BCUT2D eigenvalue weighted by molar-refractivity contribution is 5.98. The molecule has 10 heteroatoms. The van der Waals surface area contributed by atoms with Crippen LogP contribution < -0.4 is 14.8 Å². The molecule has 0 bridgehead atoms. The number of carbonyl (C=O) groups excluding carboxylic acids is 3. The molecule has 0 saturated heterocycles. The molecule has 0 fully saturated rings. The topological polar surface area (TPSA) is 133 Å². The van der Waals surface area contributed by atoms with Crippen LogP contribution in [-0.4, -0.2) is 60.6 Å². The van der Waals surface area contributed by atoms with Gasteiger partial charge in [0.05, 0.1) is 13.0 Å². The predicted octanol–water partition coefficient (Wildman–Crippen LogP) is 1.89. The van der Waals surface area contributed by atoms with Crippen molar-refractivity contribution >= 4 is 17.8 Å². The zero-order valence-electron chi connectivity index (χ0n) is 19.8. The maximum atomic E-state index is 12.8. The molecular formula is C24H30N2O8. The van der Waals surface area contributed by atoms with Crippen LogP contribution in [-0.2, 0) is 25.5 Å². The maximum absolute atomic E-state index is 12.8. The third-order valence-electron chi connectivity index (χ3n) is 5.08. The van der Waals surface area contributed by atoms with Crippen molar-refractivity contribution in [1.82, 2.24) is 10.3 Å². The number of esters is 2. The second kappa shape index (κ2) is 12.7. The second-order valence-electron chi connectivity index (χ2n) is 7.60. The van der Waals surface area contributed by atoms with Gasteiger partial charge >= 0.3 is 11.9 Å². The molecule has 0 radical (unpaired) electrons. The fourth-order valence-corrected chi connectivity index (χ4v) is 3.25. The molecule has 0 aliphatic heterocycles. The smallest absolute Gasteiger partial charge is 0.328 e. The first-order chi connectivity index (χ1) is 16.2. The number of hydrogen-bond acceptors (Lipinski definition) is 9. The summed E-state index contributed by atoms with van der Waals surface area (Å²) in [4.78, 5) is 40.8. The van der Waals surface area contributed by atoms with E-state index in [0.29, 0.717) is 6.42 Å². The number of hydrogen-bond donors (Lipinski definition) is 2. The first-order valence-corrected chi connectivity index (χ1v) is 10.6. The van der Waals surface area contributed by atoms with Gasteiger partial charge < -0.3 is 29.4 Å². The van der Waals surface area contributed by atoms with Crippen molar-refractivity contribution in [3.63, 3.8) is 0 Å². The summed E-state index contributed by atoms with van der Waals surface area (Å²) < 4.78 is 20.8. The summed E-state index contributed by atoms with van der Waals surface area (Å²) in [6, 6.07) is 9.78.